The van der Waals surface area contributed by atoms with Gasteiger partial charge in [-0.25, -0.2) is 26.3 Å². The first-order valence-electron chi connectivity index (χ1n) is 9.33. The number of benzene rings is 3. The first-order valence-corrected chi connectivity index (χ1v) is 9.33. The first-order chi connectivity index (χ1) is 14.2. The first kappa shape index (κ1) is 21.7. The topological polar surface area (TPSA) is 19.9 Å². The molecule has 0 aromatic heterocycles. The minimum Gasteiger partial charge on any atom is -0.289 e. The summed E-state index contributed by atoms with van der Waals surface area (Å²) >= 11 is 0. The predicted molar refractivity (Wildman–Crippen MR) is 99.6 cm³/mol. The number of halogens is 6. The minimum atomic E-state index is -1.64. The largest absolute Gasteiger partial charge is 0.289 e. The van der Waals surface area contributed by atoms with Crippen LogP contribution in [-0.2, 0) is 24.4 Å². The molecule has 0 N–H and O–H groups in total. The summed E-state index contributed by atoms with van der Waals surface area (Å²) in [4.78, 5) is 0. The maximum atomic E-state index is 15.0. The van der Waals surface area contributed by atoms with Gasteiger partial charge in [-0.3, -0.25) is 5.11 Å². The van der Waals surface area contributed by atoms with Gasteiger partial charge in [-0.1, -0.05) is 25.5 Å². The van der Waals surface area contributed by atoms with E-state index < -0.39 is 51.8 Å². The predicted octanol–water partition coefficient (Wildman–Crippen LogP) is 7.07. The lowest BCUT2D eigenvalue weighted by molar-refractivity contribution is 0.350. The minimum absolute atomic E-state index is 0.0203. The van der Waals surface area contributed by atoms with Crippen molar-refractivity contribution < 1.29 is 31.4 Å². The van der Waals surface area contributed by atoms with Crippen LogP contribution in [0.4, 0.5) is 26.3 Å². The Morgan fingerprint density at radius 2 is 1.30 bits per heavy atom. The van der Waals surface area contributed by atoms with E-state index in [2.05, 4.69) is 0 Å². The second kappa shape index (κ2) is 8.81. The molecule has 0 fully saturated rings. The maximum Gasteiger partial charge on any atom is 0.194 e. The van der Waals surface area contributed by atoms with Gasteiger partial charge >= 0.3 is 0 Å². The summed E-state index contributed by atoms with van der Waals surface area (Å²) < 4.78 is 83.5. The second-order valence-electron chi connectivity index (χ2n) is 6.96. The monoisotopic (exact) mass is 423 g/mol. The highest BCUT2D eigenvalue weighted by atomic mass is 19.2. The van der Waals surface area contributed by atoms with E-state index in [1.54, 1.807) is 6.07 Å². The molecule has 0 bridgehead atoms. The third-order valence-electron chi connectivity index (χ3n) is 4.83. The molecule has 0 saturated heterocycles. The van der Waals surface area contributed by atoms with E-state index in [0.29, 0.717) is 18.1 Å². The molecular formula is C23H17F6O. The lowest BCUT2D eigenvalue weighted by Gasteiger charge is -2.13. The van der Waals surface area contributed by atoms with Crippen molar-refractivity contribution in [3.8, 4) is 16.9 Å². The molecule has 0 amide bonds. The molecule has 30 heavy (non-hydrogen) atoms. The Morgan fingerprint density at radius 1 is 0.667 bits per heavy atom. The molecule has 3 rings (SSSR count). The van der Waals surface area contributed by atoms with Crippen LogP contribution >= 0.6 is 0 Å². The van der Waals surface area contributed by atoms with E-state index in [-0.39, 0.29) is 24.0 Å². The Morgan fingerprint density at radius 3 is 1.90 bits per heavy atom. The SMILES string of the molecule is CCCc1ccc(-c2c([O])cc(F)c(CCc3cc(F)c(F)c(F)c3)c2F)c(F)c1. The zero-order chi connectivity index (χ0) is 22.0. The van der Waals surface area contributed by atoms with Gasteiger partial charge in [0.15, 0.2) is 23.2 Å². The Balaban J connectivity index is 1.98. The summed E-state index contributed by atoms with van der Waals surface area (Å²) in [6.07, 6.45) is 0.775. The van der Waals surface area contributed by atoms with E-state index in [0.717, 1.165) is 18.6 Å². The Bertz CT molecular complexity index is 1070. The second-order valence-corrected chi connectivity index (χ2v) is 6.96. The fourth-order valence-electron chi connectivity index (χ4n) is 3.35. The van der Waals surface area contributed by atoms with E-state index in [1.807, 2.05) is 6.92 Å². The van der Waals surface area contributed by atoms with Gasteiger partial charge in [0.25, 0.3) is 0 Å². The van der Waals surface area contributed by atoms with Crippen molar-refractivity contribution in [2.75, 3.05) is 0 Å². The van der Waals surface area contributed by atoms with Gasteiger partial charge in [-0.2, -0.15) is 0 Å². The van der Waals surface area contributed by atoms with Crippen molar-refractivity contribution in [3.63, 3.8) is 0 Å². The summed E-state index contributed by atoms with van der Waals surface area (Å²) in [5, 5.41) is 12.2. The molecule has 0 aliphatic rings. The van der Waals surface area contributed by atoms with Crippen LogP contribution in [0.3, 0.4) is 0 Å². The summed E-state index contributed by atoms with van der Waals surface area (Å²) in [5.74, 6) is -8.69. The summed E-state index contributed by atoms with van der Waals surface area (Å²) in [6.45, 7) is 1.91. The van der Waals surface area contributed by atoms with Crippen molar-refractivity contribution in [1.82, 2.24) is 0 Å². The van der Waals surface area contributed by atoms with E-state index in [4.69, 9.17) is 0 Å². The summed E-state index contributed by atoms with van der Waals surface area (Å²) in [6, 6.07) is 6.04. The van der Waals surface area contributed by atoms with Crippen LogP contribution in [0.25, 0.3) is 11.1 Å². The van der Waals surface area contributed by atoms with Gasteiger partial charge in [0.05, 0.1) is 5.56 Å². The zero-order valence-corrected chi connectivity index (χ0v) is 16.0. The van der Waals surface area contributed by atoms with E-state index >= 15 is 4.39 Å². The summed E-state index contributed by atoms with van der Waals surface area (Å²) in [7, 11) is 0. The lowest BCUT2D eigenvalue weighted by atomic mass is 9.95. The van der Waals surface area contributed by atoms with Crippen LogP contribution in [0, 0.1) is 34.9 Å². The number of hydrogen-bond acceptors (Lipinski definition) is 0. The van der Waals surface area contributed by atoms with Gasteiger partial charge in [0.1, 0.15) is 17.5 Å². The average molecular weight is 423 g/mol. The lowest BCUT2D eigenvalue weighted by Crippen LogP contribution is -2.03. The van der Waals surface area contributed by atoms with Crippen LogP contribution in [0.5, 0.6) is 5.75 Å². The molecule has 0 spiro atoms. The molecule has 0 aliphatic heterocycles. The fourth-order valence-corrected chi connectivity index (χ4v) is 3.35. The third kappa shape index (κ3) is 4.30. The highest BCUT2D eigenvalue weighted by Gasteiger charge is 2.23. The molecule has 0 atom stereocenters. The molecule has 7 heteroatoms. The van der Waals surface area contributed by atoms with Gasteiger partial charge in [-0.15, -0.1) is 0 Å². The molecule has 3 aromatic carbocycles. The molecule has 0 unspecified atom stereocenters. The number of aryl methyl sites for hydroxylation is 2. The average Bonchev–Trinajstić information content (AvgIpc) is 2.67. The van der Waals surface area contributed by atoms with E-state index in [9.17, 15) is 27.1 Å². The van der Waals surface area contributed by atoms with Crippen molar-refractivity contribution in [2.24, 2.45) is 0 Å². The molecule has 0 heterocycles. The quantitative estimate of drug-likeness (QED) is 0.299. The third-order valence-corrected chi connectivity index (χ3v) is 4.83. The van der Waals surface area contributed by atoms with Crippen LogP contribution in [0.2, 0.25) is 0 Å². The smallest absolute Gasteiger partial charge is 0.194 e. The number of rotatable bonds is 6. The Labute approximate surface area is 169 Å². The fraction of sp³-hybridized carbons (Fsp3) is 0.217. The van der Waals surface area contributed by atoms with Crippen LogP contribution < -0.4 is 0 Å². The number of hydrogen-bond donors (Lipinski definition) is 0. The van der Waals surface area contributed by atoms with Crippen LogP contribution in [0.15, 0.2) is 36.4 Å². The molecule has 1 nitrogen and oxygen atoms in total. The molecule has 1 radical (unpaired) electrons. The molecule has 0 aliphatic carbocycles. The maximum absolute atomic E-state index is 15.0. The molecule has 3 aromatic rings. The Kier molecular flexibility index (Phi) is 6.39. The van der Waals surface area contributed by atoms with Crippen LogP contribution in [0.1, 0.15) is 30.0 Å². The highest BCUT2D eigenvalue weighted by Crippen LogP contribution is 2.37. The summed E-state index contributed by atoms with van der Waals surface area (Å²) in [5.41, 5.74) is -0.768. The molecule has 157 valence electrons. The van der Waals surface area contributed by atoms with Gasteiger partial charge < -0.3 is 0 Å². The zero-order valence-electron chi connectivity index (χ0n) is 16.0. The van der Waals surface area contributed by atoms with Crippen molar-refractivity contribution in [3.05, 3.63) is 88.0 Å². The van der Waals surface area contributed by atoms with Crippen molar-refractivity contribution in [2.45, 2.75) is 32.6 Å². The Hall–Kier alpha value is -2.96. The molecule has 0 saturated carbocycles. The molecular weight excluding hydrogens is 406 g/mol. The van der Waals surface area contributed by atoms with E-state index in [1.165, 1.54) is 12.1 Å². The highest BCUT2D eigenvalue weighted by molar-refractivity contribution is 5.72. The standard InChI is InChI=1S/C23H17F6O/c1-2-3-12-4-6-14(16(24)8-12)21-20(30)11-17(25)15(22(21)28)7-5-13-9-18(26)23(29)19(27)10-13/h4,6,8-11H,2-3,5,7H2,1H3. The van der Waals surface area contributed by atoms with Gasteiger partial charge in [0, 0.05) is 17.2 Å². The van der Waals surface area contributed by atoms with Gasteiger partial charge in [-0.05, 0) is 48.6 Å². The van der Waals surface area contributed by atoms with Crippen molar-refractivity contribution >= 4 is 0 Å². The van der Waals surface area contributed by atoms with Gasteiger partial charge in [0.2, 0.25) is 0 Å². The normalized spacial score (nSPS) is 11.2. The van der Waals surface area contributed by atoms with Crippen molar-refractivity contribution in [1.29, 1.82) is 0 Å². The van der Waals surface area contributed by atoms with Crippen LogP contribution in [-0.4, -0.2) is 0 Å².